The van der Waals surface area contributed by atoms with E-state index in [0.29, 0.717) is 16.7 Å². The fourth-order valence-electron chi connectivity index (χ4n) is 1.99. The van der Waals surface area contributed by atoms with Crippen LogP contribution in [0.15, 0.2) is 61.2 Å². The van der Waals surface area contributed by atoms with Gasteiger partial charge in [0.05, 0.1) is 12.0 Å². The first-order valence-electron chi connectivity index (χ1n) is 6.38. The third kappa shape index (κ3) is 3.20. The van der Waals surface area contributed by atoms with E-state index in [4.69, 9.17) is 27.9 Å². The van der Waals surface area contributed by atoms with Crippen LogP contribution < -0.4 is 4.74 Å². The van der Waals surface area contributed by atoms with Gasteiger partial charge >= 0.3 is 0 Å². The van der Waals surface area contributed by atoms with Gasteiger partial charge in [-0.1, -0.05) is 41.4 Å². The van der Waals surface area contributed by atoms with Crippen LogP contribution in [0.4, 0.5) is 0 Å². The SMILES string of the molecule is Clc1ccc(COc2ccccc2-n2ccnc2)c(Cl)c1. The summed E-state index contributed by atoms with van der Waals surface area (Å²) in [4.78, 5) is 4.05. The van der Waals surface area contributed by atoms with Crippen molar-refractivity contribution in [3.63, 3.8) is 0 Å². The Morgan fingerprint density at radius 1 is 1.10 bits per heavy atom. The molecule has 1 aromatic heterocycles. The lowest BCUT2D eigenvalue weighted by atomic mass is 10.2. The van der Waals surface area contributed by atoms with Gasteiger partial charge in [-0.25, -0.2) is 4.98 Å². The van der Waals surface area contributed by atoms with Crippen LogP contribution in [0, 0.1) is 0 Å². The molecule has 0 saturated heterocycles. The first kappa shape index (κ1) is 14.0. The first-order valence-corrected chi connectivity index (χ1v) is 7.14. The van der Waals surface area contributed by atoms with Gasteiger partial charge in [-0.15, -0.1) is 0 Å². The van der Waals surface area contributed by atoms with E-state index in [9.17, 15) is 0 Å². The summed E-state index contributed by atoms with van der Waals surface area (Å²) in [5, 5.41) is 1.21. The van der Waals surface area contributed by atoms with Gasteiger partial charge in [0.15, 0.2) is 0 Å². The van der Waals surface area contributed by atoms with Crippen LogP contribution in [0.25, 0.3) is 5.69 Å². The molecule has 0 saturated carbocycles. The third-order valence-electron chi connectivity index (χ3n) is 3.05. The van der Waals surface area contributed by atoms with Crippen LogP contribution in [0.3, 0.4) is 0 Å². The Labute approximate surface area is 132 Å². The molecular formula is C16H12Cl2N2O. The second kappa shape index (κ2) is 6.20. The molecule has 0 aliphatic rings. The van der Waals surface area contributed by atoms with Crippen molar-refractivity contribution >= 4 is 23.2 Å². The van der Waals surface area contributed by atoms with Gasteiger partial charge in [0.25, 0.3) is 0 Å². The van der Waals surface area contributed by atoms with E-state index in [1.54, 1.807) is 24.7 Å². The summed E-state index contributed by atoms with van der Waals surface area (Å²) < 4.78 is 7.79. The van der Waals surface area contributed by atoms with Crippen LogP contribution in [0.2, 0.25) is 10.0 Å². The number of imidazole rings is 1. The van der Waals surface area contributed by atoms with E-state index in [1.165, 1.54) is 0 Å². The molecule has 5 heteroatoms. The minimum absolute atomic E-state index is 0.377. The number of ether oxygens (including phenoxy) is 1. The summed E-state index contributed by atoms with van der Waals surface area (Å²) in [5.74, 6) is 0.765. The zero-order valence-electron chi connectivity index (χ0n) is 11.0. The number of hydrogen-bond donors (Lipinski definition) is 0. The lowest BCUT2D eigenvalue weighted by Gasteiger charge is -2.12. The fraction of sp³-hybridized carbons (Fsp3) is 0.0625. The number of nitrogens with zero attached hydrogens (tertiary/aromatic N) is 2. The predicted octanol–water partition coefficient (Wildman–Crippen LogP) is 4.76. The second-order valence-corrected chi connectivity index (χ2v) is 5.31. The fourth-order valence-corrected chi connectivity index (χ4v) is 2.45. The largest absolute Gasteiger partial charge is 0.487 e. The molecule has 0 aliphatic carbocycles. The van der Waals surface area contributed by atoms with Gasteiger partial charge in [-0.05, 0) is 24.3 Å². The number of para-hydroxylation sites is 2. The maximum atomic E-state index is 6.16. The molecule has 106 valence electrons. The van der Waals surface area contributed by atoms with Gasteiger partial charge in [0, 0.05) is 28.0 Å². The van der Waals surface area contributed by atoms with E-state index in [-0.39, 0.29) is 0 Å². The second-order valence-electron chi connectivity index (χ2n) is 4.46. The molecule has 3 nitrogen and oxygen atoms in total. The molecule has 0 atom stereocenters. The average molecular weight is 319 g/mol. The van der Waals surface area contributed by atoms with Crippen molar-refractivity contribution < 1.29 is 4.74 Å². The Morgan fingerprint density at radius 3 is 2.71 bits per heavy atom. The Balaban J connectivity index is 1.83. The summed E-state index contributed by atoms with van der Waals surface area (Å²) in [6.45, 7) is 0.377. The molecule has 0 spiro atoms. The van der Waals surface area contributed by atoms with E-state index in [2.05, 4.69) is 4.98 Å². The van der Waals surface area contributed by atoms with Crippen molar-refractivity contribution in [2.24, 2.45) is 0 Å². The number of rotatable bonds is 4. The van der Waals surface area contributed by atoms with Gasteiger partial charge in [0.1, 0.15) is 12.4 Å². The van der Waals surface area contributed by atoms with Gasteiger partial charge in [-0.2, -0.15) is 0 Å². The quantitative estimate of drug-likeness (QED) is 0.693. The first-order chi connectivity index (χ1) is 10.2. The van der Waals surface area contributed by atoms with Crippen molar-refractivity contribution in [1.29, 1.82) is 0 Å². The standard InChI is InChI=1S/C16H12Cl2N2O/c17-13-6-5-12(14(18)9-13)10-21-16-4-2-1-3-15(16)20-8-7-19-11-20/h1-9,11H,10H2. The monoisotopic (exact) mass is 318 g/mol. The molecule has 0 bridgehead atoms. The van der Waals surface area contributed by atoms with Crippen LogP contribution in [-0.4, -0.2) is 9.55 Å². The van der Waals surface area contributed by atoms with Crippen molar-refractivity contribution in [2.45, 2.75) is 6.61 Å². The molecule has 3 rings (SSSR count). The lowest BCUT2D eigenvalue weighted by Crippen LogP contribution is -2.00. The molecule has 0 aliphatic heterocycles. The average Bonchev–Trinajstić information content (AvgIpc) is 3.01. The highest BCUT2D eigenvalue weighted by molar-refractivity contribution is 6.35. The van der Waals surface area contributed by atoms with Gasteiger partial charge in [-0.3, -0.25) is 0 Å². The molecule has 21 heavy (non-hydrogen) atoms. The summed E-state index contributed by atoms with van der Waals surface area (Å²) >= 11 is 12.0. The molecule has 3 aromatic rings. The van der Waals surface area contributed by atoms with E-state index in [1.807, 2.05) is 41.1 Å². The zero-order chi connectivity index (χ0) is 14.7. The van der Waals surface area contributed by atoms with Gasteiger partial charge < -0.3 is 9.30 Å². The van der Waals surface area contributed by atoms with Crippen LogP contribution in [0.1, 0.15) is 5.56 Å². The van der Waals surface area contributed by atoms with Crippen LogP contribution in [0.5, 0.6) is 5.75 Å². The molecular weight excluding hydrogens is 307 g/mol. The van der Waals surface area contributed by atoms with Crippen molar-refractivity contribution in [3.8, 4) is 11.4 Å². The summed E-state index contributed by atoms with van der Waals surface area (Å²) in [6.07, 6.45) is 5.34. The molecule has 2 aromatic carbocycles. The maximum Gasteiger partial charge on any atom is 0.143 e. The van der Waals surface area contributed by atoms with Crippen molar-refractivity contribution in [2.75, 3.05) is 0 Å². The molecule has 0 unspecified atom stereocenters. The summed E-state index contributed by atoms with van der Waals surface area (Å²) in [5.41, 5.74) is 1.82. The zero-order valence-corrected chi connectivity index (χ0v) is 12.6. The predicted molar refractivity (Wildman–Crippen MR) is 84.4 cm³/mol. The number of hydrogen-bond acceptors (Lipinski definition) is 2. The Bertz CT molecular complexity index is 742. The highest BCUT2D eigenvalue weighted by Gasteiger charge is 2.07. The van der Waals surface area contributed by atoms with E-state index >= 15 is 0 Å². The summed E-state index contributed by atoms with van der Waals surface area (Å²) in [6, 6.07) is 13.2. The molecule has 0 N–H and O–H groups in total. The molecule has 0 fully saturated rings. The van der Waals surface area contributed by atoms with Crippen LogP contribution >= 0.6 is 23.2 Å². The van der Waals surface area contributed by atoms with Crippen LogP contribution in [-0.2, 0) is 6.61 Å². The summed E-state index contributed by atoms with van der Waals surface area (Å²) in [7, 11) is 0. The van der Waals surface area contributed by atoms with Crippen molar-refractivity contribution in [1.82, 2.24) is 9.55 Å². The Kier molecular flexibility index (Phi) is 4.13. The topological polar surface area (TPSA) is 27.1 Å². The third-order valence-corrected chi connectivity index (χ3v) is 3.63. The minimum atomic E-state index is 0.377. The smallest absolute Gasteiger partial charge is 0.143 e. The number of halogens is 2. The molecule has 1 heterocycles. The highest BCUT2D eigenvalue weighted by Crippen LogP contribution is 2.26. The normalized spacial score (nSPS) is 10.6. The van der Waals surface area contributed by atoms with E-state index in [0.717, 1.165) is 17.0 Å². The van der Waals surface area contributed by atoms with Gasteiger partial charge in [0.2, 0.25) is 0 Å². The lowest BCUT2D eigenvalue weighted by molar-refractivity contribution is 0.305. The number of benzene rings is 2. The Morgan fingerprint density at radius 2 is 1.95 bits per heavy atom. The number of aromatic nitrogens is 2. The maximum absolute atomic E-state index is 6.16. The minimum Gasteiger partial charge on any atom is -0.487 e. The Hall–Kier alpha value is -1.97. The van der Waals surface area contributed by atoms with E-state index < -0.39 is 0 Å². The molecule has 0 radical (unpaired) electrons. The molecule has 0 amide bonds. The van der Waals surface area contributed by atoms with Crippen molar-refractivity contribution in [3.05, 3.63) is 76.8 Å². The highest BCUT2D eigenvalue weighted by atomic mass is 35.5.